The molecule has 0 radical (unpaired) electrons. The molecule has 64 valence electrons. The molecule has 2 rings (SSSR count). The summed E-state index contributed by atoms with van der Waals surface area (Å²) in [5.74, 6) is -0.0102. The number of fused-ring (bicyclic) bond motifs is 1. The van der Waals surface area contributed by atoms with Crippen LogP contribution in [0.3, 0.4) is 0 Å². The first kappa shape index (κ1) is 8.20. The average Bonchev–Trinajstić information content (AvgIpc) is 2.63. The van der Waals surface area contributed by atoms with Gasteiger partial charge in [-0.25, -0.2) is 0 Å². The van der Waals surface area contributed by atoms with E-state index in [1.54, 1.807) is 11.3 Å². The van der Waals surface area contributed by atoms with Crippen molar-refractivity contribution in [1.82, 2.24) is 0 Å². The Kier molecular flexibility index (Phi) is 1.99. The third kappa shape index (κ3) is 1.29. The molecule has 0 saturated carbocycles. The molecule has 0 amide bonds. The van der Waals surface area contributed by atoms with Crippen LogP contribution in [0, 0.1) is 0 Å². The maximum Gasteiger partial charge on any atom is 0.185 e. The number of carbonyl (C=O) groups excluding carboxylic acids is 1. The largest absolute Gasteiger partial charge is 0.289 e. The summed E-state index contributed by atoms with van der Waals surface area (Å²) in [6, 6.07) is 7.71. The highest BCUT2D eigenvalue weighted by molar-refractivity contribution is 7.17. The molecular formula is C11H8OS. The van der Waals surface area contributed by atoms with Crippen LogP contribution in [-0.4, -0.2) is 5.78 Å². The van der Waals surface area contributed by atoms with E-state index in [2.05, 4.69) is 6.58 Å². The van der Waals surface area contributed by atoms with Crippen molar-refractivity contribution in [3.05, 3.63) is 47.9 Å². The average molecular weight is 188 g/mol. The first-order valence-electron chi connectivity index (χ1n) is 3.96. The summed E-state index contributed by atoms with van der Waals surface area (Å²) in [6.07, 6.45) is 1.35. The first-order chi connectivity index (χ1) is 6.33. The summed E-state index contributed by atoms with van der Waals surface area (Å²) in [5, 5.41) is 3.02. The van der Waals surface area contributed by atoms with Crippen LogP contribution in [0.5, 0.6) is 0 Å². The molecule has 13 heavy (non-hydrogen) atoms. The van der Waals surface area contributed by atoms with Crippen LogP contribution in [0.4, 0.5) is 0 Å². The lowest BCUT2D eigenvalue weighted by Gasteiger charge is -1.96. The molecular weight excluding hydrogens is 180 g/mol. The third-order valence-corrected chi connectivity index (χ3v) is 2.83. The number of allylic oxidation sites excluding steroid dienone is 1. The van der Waals surface area contributed by atoms with Gasteiger partial charge >= 0.3 is 0 Å². The zero-order chi connectivity index (χ0) is 9.26. The van der Waals surface area contributed by atoms with Gasteiger partial charge in [0, 0.05) is 15.6 Å². The van der Waals surface area contributed by atoms with Crippen molar-refractivity contribution in [2.24, 2.45) is 0 Å². The first-order valence-corrected chi connectivity index (χ1v) is 4.84. The molecule has 0 unspecified atom stereocenters. The van der Waals surface area contributed by atoms with Crippen LogP contribution in [0.25, 0.3) is 10.1 Å². The molecule has 1 aromatic carbocycles. The van der Waals surface area contributed by atoms with Crippen molar-refractivity contribution in [3.8, 4) is 0 Å². The third-order valence-electron chi connectivity index (χ3n) is 1.95. The summed E-state index contributed by atoms with van der Waals surface area (Å²) in [4.78, 5) is 11.4. The van der Waals surface area contributed by atoms with E-state index >= 15 is 0 Å². The Hall–Kier alpha value is -1.41. The summed E-state index contributed by atoms with van der Waals surface area (Å²) in [6.45, 7) is 3.48. The maximum absolute atomic E-state index is 11.4. The number of ketones is 1. The normalized spacial score (nSPS) is 10.2. The van der Waals surface area contributed by atoms with E-state index in [0.29, 0.717) is 0 Å². The van der Waals surface area contributed by atoms with Crippen molar-refractivity contribution in [3.63, 3.8) is 0 Å². The Balaban J connectivity index is 2.74. The van der Waals surface area contributed by atoms with Crippen LogP contribution in [0.1, 0.15) is 10.4 Å². The van der Waals surface area contributed by atoms with Gasteiger partial charge in [0.15, 0.2) is 5.78 Å². The summed E-state index contributed by atoms with van der Waals surface area (Å²) >= 11 is 1.64. The lowest BCUT2D eigenvalue weighted by atomic mass is 10.1. The molecule has 0 aliphatic heterocycles. The molecule has 0 aliphatic carbocycles. The highest BCUT2D eigenvalue weighted by atomic mass is 32.1. The van der Waals surface area contributed by atoms with E-state index in [9.17, 15) is 4.79 Å². The van der Waals surface area contributed by atoms with Gasteiger partial charge in [-0.1, -0.05) is 18.7 Å². The highest BCUT2D eigenvalue weighted by Crippen LogP contribution is 2.24. The zero-order valence-electron chi connectivity index (χ0n) is 6.99. The van der Waals surface area contributed by atoms with Crippen LogP contribution in [-0.2, 0) is 0 Å². The molecule has 2 heteroatoms. The fourth-order valence-electron chi connectivity index (χ4n) is 1.32. The zero-order valence-corrected chi connectivity index (χ0v) is 7.80. The predicted octanol–water partition coefficient (Wildman–Crippen LogP) is 3.27. The number of rotatable bonds is 2. The fraction of sp³-hybridized carbons (Fsp3) is 0. The van der Waals surface area contributed by atoms with E-state index < -0.39 is 0 Å². The van der Waals surface area contributed by atoms with E-state index in [1.165, 1.54) is 6.08 Å². The van der Waals surface area contributed by atoms with Crippen molar-refractivity contribution in [1.29, 1.82) is 0 Å². The fourth-order valence-corrected chi connectivity index (χ4v) is 2.13. The Morgan fingerprint density at radius 2 is 2.23 bits per heavy atom. The Morgan fingerprint density at radius 1 is 1.38 bits per heavy atom. The smallest absolute Gasteiger partial charge is 0.185 e. The summed E-state index contributed by atoms with van der Waals surface area (Å²) < 4.78 is 1.15. The van der Waals surface area contributed by atoms with Crippen molar-refractivity contribution >= 4 is 27.2 Å². The number of hydrogen-bond donors (Lipinski definition) is 0. The van der Waals surface area contributed by atoms with Crippen LogP contribution in [0.2, 0.25) is 0 Å². The second kappa shape index (κ2) is 3.15. The molecule has 0 aliphatic rings. The number of carbonyl (C=O) groups is 1. The van der Waals surface area contributed by atoms with Gasteiger partial charge in [0.05, 0.1) is 0 Å². The molecule has 1 aromatic heterocycles. The lowest BCUT2D eigenvalue weighted by molar-refractivity contribution is 0.104. The van der Waals surface area contributed by atoms with Gasteiger partial charge in [-0.15, -0.1) is 11.3 Å². The van der Waals surface area contributed by atoms with Gasteiger partial charge in [0.2, 0.25) is 0 Å². The van der Waals surface area contributed by atoms with E-state index in [-0.39, 0.29) is 5.78 Å². The predicted molar refractivity (Wildman–Crippen MR) is 56.4 cm³/mol. The monoisotopic (exact) mass is 188 g/mol. The highest BCUT2D eigenvalue weighted by Gasteiger charge is 2.06. The summed E-state index contributed by atoms with van der Waals surface area (Å²) in [5.41, 5.74) is 0.744. The molecule has 0 atom stereocenters. The maximum atomic E-state index is 11.4. The molecule has 0 spiro atoms. The summed E-state index contributed by atoms with van der Waals surface area (Å²) in [7, 11) is 0. The Labute approximate surface area is 80.3 Å². The van der Waals surface area contributed by atoms with Crippen molar-refractivity contribution in [2.45, 2.75) is 0 Å². The van der Waals surface area contributed by atoms with Crippen LogP contribution >= 0.6 is 11.3 Å². The second-order valence-electron chi connectivity index (χ2n) is 2.71. The minimum Gasteiger partial charge on any atom is -0.289 e. The van der Waals surface area contributed by atoms with Gasteiger partial charge in [-0.2, -0.15) is 0 Å². The van der Waals surface area contributed by atoms with E-state index in [4.69, 9.17) is 0 Å². The molecule has 0 bridgehead atoms. The quantitative estimate of drug-likeness (QED) is 0.522. The van der Waals surface area contributed by atoms with Crippen LogP contribution in [0.15, 0.2) is 42.3 Å². The van der Waals surface area contributed by atoms with E-state index in [0.717, 1.165) is 15.6 Å². The second-order valence-corrected chi connectivity index (χ2v) is 3.65. The molecule has 0 N–H and O–H groups in total. The van der Waals surface area contributed by atoms with Crippen molar-refractivity contribution in [2.75, 3.05) is 0 Å². The topological polar surface area (TPSA) is 17.1 Å². The van der Waals surface area contributed by atoms with Gasteiger partial charge in [0.1, 0.15) is 0 Å². The molecule has 0 saturated heterocycles. The standard InChI is InChI=1S/C11H8OS/c1-2-10(12)8-4-3-5-11-9(8)6-7-13-11/h2-7H,1H2. The van der Waals surface area contributed by atoms with Gasteiger partial charge in [-0.05, 0) is 23.6 Å². The number of thiophene rings is 1. The molecule has 1 heterocycles. The Bertz CT molecular complexity index is 468. The molecule has 1 nitrogen and oxygen atoms in total. The van der Waals surface area contributed by atoms with Gasteiger partial charge < -0.3 is 0 Å². The van der Waals surface area contributed by atoms with Crippen molar-refractivity contribution < 1.29 is 4.79 Å². The Morgan fingerprint density at radius 3 is 3.00 bits per heavy atom. The SMILES string of the molecule is C=CC(=O)c1cccc2sccc12. The van der Waals surface area contributed by atoms with Crippen LogP contribution < -0.4 is 0 Å². The van der Waals surface area contributed by atoms with Gasteiger partial charge in [0.25, 0.3) is 0 Å². The molecule has 0 fully saturated rings. The molecule has 2 aromatic rings. The lowest BCUT2D eigenvalue weighted by Crippen LogP contribution is -1.92. The number of benzene rings is 1. The van der Waals surface area contributed by atoms with E-state index in [1.807, 2.05) is 29.6 Å². The minimum absolute atomic E-state index is 0.0102. The minimum atomic E-state index is -0.0102. The number of hydrogen-bond acceptors (Lipinski definition) is 2. The van der Waals surface area contributed by atoms with Gasteiger partial charge in [-0.3, -0.25) is 4.79 Å².